The topological polar surface area (TPSA) is 366 Å². The molecule has 0 aromatic heterocycles. The van der Waals surface area contributed by atoms with Gasteiger partial charge in [-0.25, -0.2) is 0 Å². The van der Waals surface area contributed by atoms with Crippen LogP contribution in [0, 0.1) is 0 Å². The SMILES string of the molecule is CC(=O)N[C@@H]1[C@H](O[C@H]2[C@@H](O)[C@@H](CO[C@@H]3O[C@H](CO)[C@@H](O[C@@H]4O[C@H](CO)[C@H](O)[C@H](O)[C@H]4O)[C@H](O)[C@H]3NC(C)=O)OC(O)[C@@H]2O)O[C@H](CO)[C@@H](O)[C@@H]1O. The van der Waals surface area contributed by atoms with Crippen LogP contribution >= 0.6 is 0 Å². The van der Waals surface area contributed by atoms with E-state index in [1.165, 1.54) is 0 Å². The number of rotatable bonds is 12. The van der Waals surface area contributed by atoms with Crippen molar-refractivity contribution in [2.75, 3.05) is 26.4 Å². The smallest absolute Gasteiger partial charge is 0.217 e. The van der Waals surface area contributed by atoms with E-state index in [2.05, 4.69) is 10.6 Å². The molecule has 23 nitrogen and oxygen atoms in total. The molecule has 296 valence electrons. The molecule has 0 radical (unpaired) electrons. The molecule has 0 aromatic rings. The van der Waals surface area contributed by atoms with Crippen molar-refractivity contribution in [1.82, 2.24) is 10.6 Å². The molecular formula is C28H48N2O21. The van der Waals surface area contributed by atoms with Gasteiger partial charge in [-0.1, -0.05) is 0 Å². The van der Waals surface area contributed by atoms with Gasteiger partial charge in [0.1, 0.15) is 97.5 Å². The van der Waals surface area contributed by atoms with Gasteiger partial charge in [0, 0.05) is 13.8 Å². The summed E-state index contributed by atoms with van der Waals surface area (Å²) in [4.78, 5) is 23.9. The van der Waals surface area contributed by atoms with Crippen molar-refractivity contribution in [3.05, 3.63) is 0 Å². The molecule has 0 bridgehead atoms. The van der Waals surface area contributed by atoms with Crippen LogP contribution in [0.4, 0.5) is 0 Å². The average molecular weight is 749 g/mol. The van der Waals surface area contributed by atoms with E-state index in [9.17, 15) is 70.9 Å². The molecule has 4 rings (SSSR count). The maximum Gasteiger partial charge on any atom is 0.217 e. The van der Waals surface area contributed by atoms with E-state index in [0.29, 0.717) is 0 Å². The Morgan fingerprint density at radius 3 is 1.55 bits per heavy atom. The monoisotopic (exact) mass is 748 g/mol. The molecule has 0 spiro atoms. The molecular weight excluding hydrogens is 700 g/mol. The number of carbonyl (C=O) groups is 2. The minimum Gasteiger partial charge on any atom is -0.394 e. The molecule has 4 fully saturated rings. The Labute approximate surface area is 289 Å². The molecule has 0 aromatic carbocycles. The van der Waals surface area contributed by atoms with Crippen LogP contribution < -0.4 is 10.6 Å². The second-order valence-electron chi connectivity index (χ2n) is 12.7. The number of hydrogen-bond acceptors (Lipinski definition) is 21. The van der Waals surface area contributed by atoms with Gasteiger partial charge in [-0.3, -0.25) is 9.59 Å². The summed E-state index contributed by atoms with van der Waals surface area (Å²) in [5.41, 5.74) is 0. The molecule has 1 unspecified atom stereocenters. The van der Waals surface area contributed by atoms with Crippen LogP contribution in [0.2, 0.25) is 0 Å². The summed E-state index contributed by atoms with van der Waals surface area (Å²) in [6.07, 6.45) is -30.8. The highest BCUT2D eigenvalue weighted by Crippen LogP contribution is 2.32. The second-order valence-corrected chi connectivity index (χ2v) is 12.7. The normalized spacial score (nSPS) is 47.8. The predicted octanol–water partition coefficient (Wildman–Crippen LogP) is -9.46. The Morgan fingerprint density at radius 2 is 1.00 bits per heavy atom. The van der Waals surface area contributed by atoms with E-state index in [1.807, 2.05) is 0 Å². The number of aliphatic hydroxyl groups is 12. The van der Waals surface area contributed by atoms with Gasteiger partial charge in [-0.2, -0.15) is 0 Å². The van der Waals surface area contributed by atoms with E-state index < -0.39 is 161 Å². The summed E-state index contributed by atoms with van der Waals surface area (Å²) >= 11 is 0. The van der Waals surface area contributed by atoms with Crippen LogP contribution in [0.15, 0.2) is 0 Å². The molecule has 23 heteroatoms. The zero-order valence-corrected chi connectivity index (χ0v) is 27.4. The second kappa shape index (κ2) is 18.0. The Balaban J connectivity index is 1.49. The highest BCUT2D eigenvalue weighted by Gasteiger charge is 2.54. The summed E-state index contributed by atoms with van der Waals surface area (Å²) in [5, 5.41) is 129. The highest BCUT2D eigenvalue weighted by atomic mass is 16.7. The summed E-state index contributed by atoms with van der Waals surface area (Å²) in [7, 11) is 0. The Bertz CT molecular complexity index is 1140. The first kappa shape index (κ1) is 41.9. The Morgan fingerprint density at radius 1 is 0.510 bits per heavy atom. The van der Waals surface area contributed by atoms with Crippen molar-refractivity contribution in [3.8, 4) is 0 Å². The van der Waals surface area contributed by atoms with Crippen LogP contribution in [-0.4, -0.2) is 222 Å². The predicted molar refractivity (Wildman–Crippen MR) is 157 cm³/mol. The number of nitrogens with one attached hydrogen (secondary N) is 2. The van der Waals surface area contributed by atoms with Crippen molar-refractivity contribution in [2.45, 2.75) is 137 Å². The largest absolute Gasteiger partial charge is 0.394 e. The molecule has 14 N–H and O–H groups in total. The molecule has 4 saturated heterocycles. The fraction of sp³-hybridized carbons (Fsp3) is 0.929. The molecule has 51 heavy (non-hydrogen) atoms. The minimum atomic E-state index is -2.04. The van der Waals surface area contributed by atoms with E-state index in [-0.39, 0.29) is 0 Å². The first-order valence-corrected chi connectivity index (χ1v) is 16.1. The van der Waals surface area contributed by atoms with Gasteiger partial charge in [0.15, 0.2) is 25.2 Å². The van der Waals surface area contributed by atoms with Crippen molar-refractivity contribution >= 4 is 11.8 Å². The van der Waals surface area contributed by atoms with Crippen LogP contribution in [0.25, 0.3) is 0 Å². The number of aliphatic hydroxyl groups excluding tert-OH is 12. The summed E-state index contributed by atoms with van der Waals surface area (Å²) in [5.74, 6) is -1.39. The van der Waals surface area contributed by atoms with Crippen LogP contribution in [0.3, 0.4) is 0 Å². The Kier molecular flexibility index (Phi) is 14.8. The van der Waals surface area contributed by atoms with Gasteiger partial charge < -0.3 is 105 Å². The number of amides is 2. The third-order valence-electron chi connectivity index (χ3n) is 8.99. The lowest BCUT2D eigenvalue weighted by Gasteiger charge is -2.48. The zero-order valence-electron chi connectivity index (χ0n) is 27.4. The summed E-state index contributed by atoms with van der Waals surface area (Å²) in [6.45, 7) is -0.978. The molecule has 0 aliphatic carbocycles. The zero-order chi connectivity index (χ0) is 37.9. The fourth-order valence-electron chi connectivity index (χ4n) is 6.25. The minimum absolute atomic E-state index is 0.685. The Hall–Kier alpha value is -1.82. The standard InChI is InChI=1S/C28H48N2O21/c1-7(34)29-13-18(39)15(36)9(3-31)47-27(13)51-24-17(38)12(46-25(44)22(24)43)6-45-26-14(30-8(2)35)19(40)23(11(5-33)49-26)50-28-21(42)20(41)16(37)10(4-32)48-28/h9-28,31-33,36-44H,3-6H2,1-2H3,(H,29,34)(H,30,35)/t9-,10-,11-,12-,13+,14-,15-,16+,17+,18-,19-,20+,21-,22-,23-,24+,25?,26-,27+,28+/m1/s1. The number of carbonyl (C=O) groups excluding carboxylic acids is 2. The van der Waals surface area contributed by atoms with Gasteiger partial charge in [0.05, 0.1) is 26.4 Å². The molecule has 4 aliphatic rings. The van der Waals surface area contributed by atoms with E-state index in [4.69, 9.17) is 33.2 Å². The molecule has 2 amide bonds. The molecule has 4 aliphatic heterocycles. The van der Waals surface area contributed by atoms with E-state index in [0.717, 1.165) is 13.8 Å². The van der Waals surface area contributed by atoms with Gasteiger partial charge >= 0.3 is 0 Å². The molecule has 0 saturated carbocycles. The third-order valence-corrected chi connectivity index (χ3v) is 8.99. The first-order valence-electron chi connectivity index (χ1n) is 16.1. The first-order chi connectivity index (χ1) is 24.0. The van der Waals surface area contributed by atoms with Crippen LogP contribution in [0.5, 0.6) is 0 Å². The van der Waals surface area contributed by atoms with Crippen molar-refractivity contribution in [1.29, 1.82) is 0 Å². The van der Waals surface area contributed by atoms with Crippen molar-refractivity contribution in [3.63, 3.8) is 0 Å². The average Bonchev–Trinajstić information content (AvgIpc) is 3.08. The fourth-order valence-corrected chi connectivity index (χ4v) is 6.25. The van der Waals surface area contributed by atoms with Crippen molar-refractivity contribution in [2.24, 2.45) is 0 Å². The maximum absolute atomic E-state index is 12.1. The maximum atomic E-state index is 12.1. The summed E-state index contributed by atoms with van der Waals surface area (Å²) < 4.78 is 38.9. The van der Waals surface area contributed by atoms with Gasteiger partial charge in [0.25, 0.3) is 0 Å². The van der Waals surface area contributed by atoms with Crippen LogP contribution in [0.1, 0.15) is 13.8 Å². The van der Waals surface area contributed by atoms with E-state index >= 15 is 0 Å². The lowest BCUT2D eigenvalue weighted by atomic mass is 9.95. The number of ether oxygens (including phenoxy) is 7. The molecule has 4 heterocycles. The third kappa shape index (κ3) is 9.29. The van der Waals surface area contributed by atoms with Gasteiger partial charge in [-0.15, -0.1) is 0 Å². The summed E-state index contributed by atoms with van der Waals surface area (Å²) in [6, 6.07) is -2.97. The lowest BCUT2D eigenvalue weighted by molar-refractivity contribution is -0.358. The van der Waals surface area contributed by atoms with Gasteiger partial charge in [0.2, 0.25) is 11.8 Å². The lowest BCUT2D eigenvalue weighted by Crippen LogP contribution is -2.68. The van der Waals surface area contributed by atoms with Crippen LogP contribution in [-0.2, 0) is 42.7 Å². The van der Waals surface area contributed by atoms with E-state index in [1.54, 1.807) is 0 Å². The highest BCUT2D eigenvalue weighted by molar-refractivity contribution is 5.73. The van der Waals surface area contributed by atoms with Crippen molar-refractivity contribution < 1.29 is 104 Å². The quantitative estimate of drug-likeness (QED) is 0.0881. The molecule has 20 atom stereocenters. The number of hydrogen-bond donors (Lipinski definition) is 14. The van der Waals surface area contributed by atoms with Gasteiger partial charge in [-0.05, 0) is 0 Å².